The molecule has 0 saturated carbocycles. The number of hydrogen-bond acceptors (Lipinski definition) is 7. The molecule has 0 aromatic carbocycles. The van der Waals surface area contributed by atoms with E-state index in [-0.39, 0.29) is 0 Å². The second-order valence-electron chi connectivity index (χ2n) is 7.60. The molecule has 0 atom stereocenters. The van der Waals surface area contributed by atoms with Crippen LogP contribution in [0.25, 0.3) is 0 Å². The normalized spacial score (nSPS) is 17.4. The molecule has 0 amide bonds. The summed E-state index contributed by atoms with van der Waals surface area (Å²) in [5.41, 5.74) is 2.31. The van der Waals surface area contributed by atoms with Crippen LogP contribution in [0.2, 0.25) is 0 Å². The van der Waals surface area contributed by atoms with Crippen LogP contribution in [0.15, 0.2) is 24.7 Å². The number of nitrogens with zero attached hydrogens (tertiary/aromatic N) is 6. The number of aryl methyl sites for hydroxylation is 2. The van der Waals surface area contributed by atoms with Crippen LogP contribution < -0.4 is 9.64 Å². The Labute approximate surface area is 167 Å². The van der Waals surface area contributed by atoms with E-state index >= 15 is 0 Å². The Bertz CT molecular complexity index is 733. The average molecular weight is 383 g/mol. The monoisotopic (exact) mass is 382 g/mol. The number of anilines is 1. The molecular formula is C21H30N6O. The number of ether oxygens (including phenoxy) is 1. The summed E-state index contributed by atoms with van der Waals surface area (Å²) in [7, 11) is 0. The lowest BCUT2D eigenvalue weighted by molar-refractivity contribution is 0.243. The summed E-state index contributed by atoms with van der Waals surface area (Å²) < 4.78 is 5.82. The van der Waals surface area contributed by atoms with E-state index in [4.69, 9.17) is 4.74 Å². The smallest absolute Gasteiger partial charge is 0.232 e. The highest BCUT2D eigenvalue weighted by molar-refractivity contribution is 5.29. The molecule has 150 valence electrons. The Balaban J connectivity index is 1.08. The van der Waals surface area contributed by atoms with Gasteiger partial charge in [-0.2, -0.15) is 0 Å². The first kappa shape index (κ1) is 19.1. The van der Waals surface area contributed by atoms with Crippen molar-refractivity contribution in [2.45, 2.75) is 44.9 Å². The molecule has 1 aliphatic carbocycles. The van der Waals surface area contributed by atoms with E-state index in [1.165, 1.54) is 25.7 Å². The van der Waals surface area contributed by atoms with Crippen LogP contribution in [0.4, 0.5) is 5.95 Å². The molecule has 0 N–H and O–H groups in total. The van der Waals surface area contributed by atoms with E-state index < -0.39 is 0 Å². The topological polar surface area (TPSA) is 67.3 Å². The van der Waals surface area contributed by atoms with Gasteiger partial charge in [0.2, 0.25) is 11.8 Å². The Morgan fingerprint density at radius 2 is 1.64 bits per heavy atom. The van der Waals surface area contributed by atoms with Crippen LogP contribution in [0.1, 0.15) is 43.5 Å². The van der Waals surface area contributed by atoms with Crippen molar-refractivity contribution in [1.82, 2.24) is 24.8 Å². The lowest BCUT2D eigenvalue weighted by Gasteiger charge is -2.34. The van der Waals surface area contributed by atoms with Gasteiger partial charge in [0, 0.05) is 38.6 Å². The summed E-state index contributed by atoms with van der Waals surface area (Å²) in [5.74, 6) is 1.55. The summed E-state index contributed by atoms with van der Waals surface area (Å²) in [5, 5.41) is 0. The van der Waals surface area contributed by atoms with Gasteiger partial charge in [0.05, 0.1) is 24.2 Å². The van der Waals surface area contributed by atoms with Crippen LogP contribution >= 0.6 is 0 Å². The third-order valence-electron chi connectivity index (χ3n) is 5.56. The van der Waals surface area contributed by atoms with Gasteiger partial charge in [-0.1, -0.05) is 0 Å². The van der Waals surface area contributed by atoms with Gasteiger partial charge < -0.3 is 9.64 Å². The molecule has 0 unspecified atom stereocenters. The highest BCUT2D eigenvalue weighted by Crippen LogP contribution is 2.19. The maximum atomic E-state index is 5.82. The number of fused-ring (bicyclic) bond motifs is 1. The van der Waals surface area contributed by atoms with E-state index in [1.807, 2.05) is 18.5 Å². The second kappa shape index (κ2) is 9.78. The molecule has 7 nitrogen and oxygen atoms in total. The van der Waals surface area contributed by atoms with Crippen molar-refractivity contribution in [3.63, 3.8) is 0 Å². The van der Waals surface area contributed by atoms with E-state index in [0.717, 1.165) is 75.9 Å². The predicted octanol–water partition coefficient (Wildman–Crippen LogP) is 2.52. The summed E-state index contributed by atoms with van der Waals surface area (Å²) in [4.78, 5) is 22.6. The molecule has 2 aromatic rings. The summed E-state index contributed by atoms with van der Waals surface area (Å²) >= 11 is 0. The van der Waals surface area contributed by atoms with Crippen LogP contribution in [0.3, 0.4) is 0 Å². The van der Waals surface area contributed by atoms with Gasteiger partial charge in [-0.3, -0.25) is 9.88 Å². The summed E-state index contributed by atoms with van der Waals surface area (Å²) in [6, 6.07) is 1.86. The maximum Gasteiger partial charge on any atom is 0.232 e. The minimum atomic E-state index is 0.694. The molecule has 3 heterocycles. The Kier molecular flexibility index (Phi) is 6.65. The number of hydrogen-bond donors (Lipinski definition) is 0. The molecule has 7 heteroatoms. The fraction of sp³-hybridized carbons (Fsp3) is 0.619. The molecule has 0 spiro atoms. The number of aromatic nitrogens is 4. The van der Waals surface area contributed by atoms with Crippen LogP contribution in [-0.2, 0) is 12.8 Å². The largest absolute Gasteiger partial charge is 0.477 e. The van der Waals surface area contributed by atoms with Crippen molar-refractivity contribution in [3.05, 3.63) is 36.0 Å². The molecule has 0 radical (unpaired) electrons. The first-order valence-corrected chi connectivity index (χ1v) is 10.6. The van der Waals surface area contributed by atoms with Crippen molar-refractivity contribution in [2.24, 2.45) is 0 Å². The zero-order chi connectivity index (χ0) is 19.0. The van der Waals surface area contributed by atoms with Crippen molar-refractivity contribution >= 4 is 5.95 Å². The third kappa shape index (κ3) is 5.16. The highest BCUT2D eigenvalue weighted by atomic mass is 16.5. The van der Waals surface area contributed by atoms with Gasteiger partial charge in [-0.25, -0.2) is 15.0 Å². The van der Waals surface area contributed by atoms with Gasteiger partial charge in [0.15, 0.2) is 0 Å². The molecule has 1 aliphatic heterocycles. The molecule has 28 heavy (non-hydrogen) atoms. The predicted molar refractivity (Wildman–Crippen MR) is 109 cm³/mol. The van der Waals surface area contributed by atoms with Gasteiger partial charge >= 0.3 is 0 Å². The Morgan fingerprint density at radius 1 is 0.857 bits per heavy atom. The van der Waals surface area contributed by atoms with Gasteiger partial charge in [-0.05, 0) is 57.6 Å². The Hall–Kier alpha value is -2.28. The fourth-order valence-electron chi connectivity index (χ4n) is 3.91. The van der Waals surface area contributed by atoms with Gasteiger partial charge in [-0.15, -0.1) is 0 Å². The molecular weight excluding hydrogens is 352 g/mol. The van der Waals surface area contributed by atoms with Crippen LogP contribution in [0.5, 0.6) is 5.88 Å². The molecule has 2 aliphatic rings. The lowest BCUT2D eigenvalue weighted by atomic mass is 10.0. The van der Waals surface area contributed by atoms with Gasteiger partial charge in [0.25, 0.3) is 0 Å². The van der Waals surface area contributed by atoms with E-state index in [2.05, 4.69) is 29.7 Å². The summed E-state index contributed by atoms with van der Waals surface area (Å²) in [6.07, 6.45) is 13.4. The second-order valence-corrected chi connectivity index (χ2v) is 7.60. The molecule has 2 aromatic heterocycles. The molecule has 4 rings (SSSR count). The average Bonchev–Trinajstić information content (AvgIpc) is 2.77. The van der Waals surface area contributed by atoms with Crippen molar-refractivity contribution < 1.29 is 4.74 Å². The van der Waals surface area contributed by atoms with E-state index in [1.54, 1.807) is 6.20 Å². The fourth-order valence-corrected chi connectivity index (χ4v) is 3.91. The molecule has 1 fully saturated rings. The number of unbranched alkanes of at least 4 members (excludes halogenated alkanes) is 2. The van der Waals surface area contributed by atoms with Crippen LogP contribution in [0, 0.1) is 0 Å². The maximum absolute atomic E-state index is 5.82. The standard InChI is InChI=1S/C21H30N6O/c1(5-16-28-20-17-24-18-7-2-3-8-19(18)25-20)4-11-26-12-14-27(15-13-26)21-22-9-6-10-23-21/h6,9-10,17H,1-5,7-8,11-16H2. The zero-order valence-corrected chi connectivity index (χ0v) is 16.6. The van der Waals surface area contributed by atoms with Crippen molar-refractivity contribution in [3.8, 4) is 5.88 Å². The summed E-state index contributed by atoms with van der Waals surface area (Å²) in [6.45, 7) is 6.06. The van der Waals surface area contributed by atoms with Crippen molar-refractivity contribution in [1.29, 1.82) is 0 Å². The zero-order valence-electron chi connectivity index (χ0n) is 16.6. The minimum Gasteiger partial charge on any atom is -0.477 e. The Morgan fingerprint density at radius 3 is 2.46 bits per heavy atom. The van der Waals surface area contributed by atoms with E-state index in [0.29, 0.717) is 5.88 Å². The van der Waals surface area contributed by atoms with E-state index in [9.17, 15) is 0 Å². The minimum absolute atomic E-state index is 0.694. The van der Waals surface area contributed by atoms with Crippen molar-refractivity contribution in [2.75, 3.05) is 44.2 Å². The first-order chi connectivity index (χ1) is 13.9. The van der Waals surface area contributed by atoms with Crippen LogP contribution in [-0.4, -0.2) is 64.2 Å². The lowest BCUT2D eigenvalue weighted by Crippen LogP contribution is -2.47. The first-order valence-electron chi connectivity index (χ1n) is 10.6. The molecule has 1 saturated heterocycles. The highest BCUT2D eigenvalue weighted by Gasteiger charge is 2.18. The number of rotatable bonds is 8. The SMILES string of the molecule is c1cnc(N2CCN(CCCCCOc3cnc4c(n3)CCCC4)CC2)nc1. The quantitative estimate of drug-likeness (QED) is 0.650. The molecule has 0 bridgehead atoms. The third-order valence-corrected chi connectivity index (χ3v) is 5.56. The number of piperazine rings is 1. The van der Waals surface area contributed by atoms with Gasteiger partial charge in [0.1, 0.15) is 0 Å².